The second-order valence-corrected chi connectivity index (χ2v) is 10.5. The molecule has 0 spiro atoms. The quantitative estimate of drug-likeness (QED) is 0.103. The number of unbranched alkanes of at least 4 members (excludes halogenated alkanes) is 15. The van der Waals surface area contributed by atoms with Crippen LogP contribution in [0, 0.1) is 0 Å². The Hall–Kier alpha value is 0.0700. The zero-order valence-corrected chi connectivity index (χ0v) is 22.1. The molecular weight excluding hydrogens is 409 g/mol. The maximum Gasteiger partial charge on any atom is 0.470 e. The summed E-state index contributed by atoms with van der Waals surface area (Å²) in [6, 6.07) is 0. The number of hydrogen-bond acceptors (Lipinski definition) is 3. The third kappa shape index (κ3) is 21.7. The van der Waals surface area contributed by atoms with Crippen molar-refractivity contribution in [2.24, 2.45) is 0 Å². The Morgan fingerprint density at radius 3 is 1.06 bits per heavy atom. The van der Waals surface area contributed by atoms with E-state index in [0.29, 0.717) is 0 Å². The van der Waals surface area contributed by atoms with Gasteiger partial charge in [0.25, 0.3) is 0 Å². The molecule has 0 heterocycles. The van der Waals surface area contributed by atoms with Crippen LogP contribution >= 0.6 is 7.82 Å². The summed E-state index contributed by atoms with van der Waals surface area (Å²) in [4.78, 5) is 19.3. The molecule has 0 aliphatic rings. The van der Waals surface area contributed by atoms with E-state index < -0.39 is 13.4 Å². The SMILES string of the molecule is CCCCCCCCC(CCCCCCCC)(CCCCCCCC)OP(=O)(O)O.N. The van der Waals surface area contributed by atoms with E-state index in [1.807, 2.05) is 0 Å². The van der Waals surface area contributed by atoms with E-state index in [1.54, 1.807) is 0 Å². The standard InChI is InChI=1S/C25H53O4P.H3N/c1-4-7-10-13-16-19-22-25(29-30(26,27)28,23-20-17-14-11-8-5-2)24-21-18-15-12-9-6-3;/h4-24H2,1-3H3,(H2,26,27,28);1H3. The Kier molecular flexibility index (Phi) is 23.5. The lowest BCUT2D eigenvalue weighted by molar-refractivity contribution is 0.00534. The average molecular weight is 466 g/mol. The molecule has 31 heavy (non-hydrogen) atoms. The van der Waals surface area contributed by atoms with Gasteiger partial charge in [-0.3, -0.25) is 4.52 Å². The molecule has 0 saturated heterocycles. The number of hydrogen-bond donors (Lipinski definition) is 3. The first-order valence-corrected chi connectivity index (χ1v) is 14.7. The Labute approximate surface area is 194 Å². The predicted molar refractivity (Wildman–Crippen MR) is 135 cm³/mol. The van der Waals surface area contributed by atoms with Gasteiger partial charge in [0.2, 0.25) is 0 Å². The maximum absolute atomic E-state index is 11.8. The lowest BCUT2D eigenvalue weighted by Gasteiger charge is -2.34. The van der Waals surface area contributed by atoms with Gasteiger partial charge in [0.15, 0.2) is 0 Å². The fourth-order valence-electron chi connectivity index (χ4n) is 4.45. The second-order valence-electron chi connectivity index (χ2n) is 9.32. The highest BCUT2D eigenvalue weighted by Crippen LogP contribution is 2.47. The molecule has 0 saturated carbocycles. The van der Waals surface area contributed by atoms with Crippen LogP contribution < -0.4 is 6.15 Å². The summed E-state index contributed by atoms with van der Waals surface area (Å²) in [5.41, 5.74) is -0.640. The van der Waals surface area contributed by atoms with Gasteiger partial charge >= 0.3 is 7.82 Å². The summed E-state index contributed by atoms with van der Waals surface area (Å²) in [5.74, 6) is 0. The molecule has 0 rings (SSSR count). The molecule has 0 aromatic rings. The van der Waals surface area contributed by atoms with Crippen LogP contribution in [0.5, 0.6) is 0 Å². The molecule has 0 aliphatic carbocycles. The number of rotatable bonds is 23. The molecule has 5 N–H and O–H groups in total. The molecule has 0 bridgehead atoms. The minimum absolute atomic E-state index is 0. The van der Waals surface area contributed by atoms with Crippen molar-refractivity contribution < 1.29 is 18.9 Å². The van der Waals surface area contributed by atoms with Gasteiger partial charge in [0, 0.05) is 0 Å². The first kappa shape index (κ1) is 33.2. The smallest absolute Gasteiger partial charge is 0.344 e. The second kappa shape index (κ2) is 21.9. The van der Waals surface area contributed by atoms with E-state index in [4.69, 9.17) is 4.52 Å². The molecule has 0 atom stereocenters. The van der Waals surface area contributed by atoms with Crippen LogP contribution in [0.15, 0.2) is 0 Å². The van der Waals surface area contributed by atoms with Gasteiger partial charge in [-0.05, 0) is 19.3 Å². The van der Waals surface area contributed by atoms with Crippen LogP contribution in [0.1, 0.15) is 156 Å². The van der Waals surface area contributed by atoms with Gasteiger partial charge < -0.3 is 15.9 Å². The van der Waals surface area contributed by atoms with Crippen molar-refractivity contribution in [2.45, 2.75) is 161 Å². The van der Waals surface area contributed by atoms with Gasteiger partial charge in [0.1, 0.15) is 0 Å². The molecule has 0 radical (unpaired) electrons. The number of phosphoric acid groups is 1. The summed E-state index contributed by atoms with van der Waals surface area (Å²) >= 11 is 0. The van der Waals surface area contributed by atoms with E-state index in [-0.39, 0.29) is 6.15 Å². The predicted octanol–water partition coefficient (Wildman–Crippen LogP) is 9.25. The molecule has 6 heteroatoms. The Balaban J connectivity index is 0. The highest BCUT2D eigenvalue weighted by molar-refractivity contribution is 7.46. The fraction of sp³-hybridized carbons (Fsp3) is 1.00. The van der Waals surface area contributed by atoms with E-state index >= 15 is 0 Å². The fourth-order valence-corrected chi connectivity index (χ4v) is 5.23. The molecule has 5 nitrogen and oxygen atoms in total. The highest BCUT2D eigenvalue weighted by Gasteiger charge is 2.36. The maximum atomic E-state index is 11.8. The summed E-state index contributed by atoms with van der Waals surface area (Å²) < 4.78 is 17.4. The van der Waals surface area contributed by atoms with Gasteiger partial charge in [-0.2, -0.15) is 0 Å². The van der Waals surface area contributed by atoms with Gasteiger partial charge in [-0.1, -0.05) is 136 Å². The highest BCUT2D eigenvalue weighted by atomic mass is 31.2. The van der Waals surface area contributed by atoms with E-state index in [1.165, 1.54) is 77.0 Å². The van der Waals surface area contributed by atoms with Crippen LogP contribution in [0.2, 0.25) is 0 Å². The van der Waals surface area contributed by atoms with Crippen molar-refractivity contribution in [1.82, 2.24) is 6.15 Å². The van der Waals surface area contributed by atoms with Crippen LogP contribution in [-0.4, -0.2) is 15.4 Å². The lowest BCUT2D eigenvalue weighted by Crippen LogP contribution is -2.32. The van der Waals surface area contributed by atoms with Crippen molar-refractivity contribution >= 4 is 7.82 Å². The first-order chi connectivity index (χ1) is 14.4. The average Bonchev–Trinajstić information content (AvgIpc) is 2.69. The van der Waals surface area contributed by atoms with Crippen LogP contribution in [0.4, 0.5) is 0 Å². The minimum Gasteiger partial charge on any atom is -0.344 e. The lowest BCUT2D eigenvalue weighted by atomic mass is 9.85. The zero-order valence-electron chi connectivity index (χ0n) is 21.2. The molecule has 0 amide bonds. The summed E-state index contributed by atoms with van der Waals surface area (Å²) in [6.07, 6.45) is 23.8. The normalized spacial score (nSPS) is 12.2. The molecule has 0 aliphatic heterocycles. The van der Waals surface area contributed by atoms with Crippen LogP contribution in [0.25, 0.3) is 0 Å². The minimum atomic E-state index is -4.49. The van der Waals surface area contributed by atoms with Gasteiger partial charge in [-0.25, -0.2) is 4.57 Å². The summed E-state index contributed by atoms with van der Waals surface area (Å²) in [5, 5.41) is 0. The van der Waals surface area contributed by atoms with Crippen molar-refractivity contribution in [3.8, 4) is 0 Å². The third-order valence-corrected chi connectivity index (χ3v) is 6.90. The molecule has 190 valence electrons. The van der Waals surface area contributed by atoms with Gasteiger partial charge in [0.05, 0.1) is 5.60 Å². The summed E-state index contributed by atoms with van der Waals surface area (Å²) in [6.45, 7) is 6.67. The van der Waals surface area contributed by atoms with Crippen molar-refractivity contribution in [1.29, 1.82) is 0 Å². The topological polar surface area (TPSA) is 102 Å². The van der Waals surface area contributed by atoms with Crippen LogP contribution in [0.3, 0.4) is 0 Å². The summed E-state index contributed by atoms with van der Waals surface area (Å²) in [7, 11) is -4.49. The Morgan fingerprint density at radius 1 is 0.548 bits per heavy atom. The van der Waals surface area contributed by atoms with Gasteiger partial charge in [-0.15, -0.1) is 0 Å². The van der Waals surface area contributed by atoms with Crippen molar-refractivity contribution in [3.63, 3.8) is 0 Å². The Morgan fingerprint density at radius 2 is 0.806 bits per heavy atom. The Bertz CT molecular complexity index is 374. The largest absolute Gasteiger partial charge is 0.470 e. The monoisotopic (exact) mass is 465 g/mol. The first-order valence-electron chi connectivity index (χ1n) is 13.2. The molecular formula is C25H56NO4P. The van der Waals surface area contributed by atoms with Crippen LogP contribution in [-0.2, 0) is 9.09 Å². The van der Waals surface area contributed by atoms with E-state index in [9.17, 15) is 14.4 Å². The molecule has 0 aromatic heterocycles. The van der Waals surface area contributed by atoms with Crippen molar-refractivity contribution in [2.75, 3.05) is 0 Å². The zero-order chi connectivity index (χ0) is 22.6. The van der Waals surface area contributed by atoms with E-state index in [2.05, 4.69) is 20.8 Å². The van der Waals surface area contributed by atoms with Crippen molar-refractivity contribution in [3.05, 3.63) is 0 Å². The molecule has 0 fully saturated rings. The number of phosphoric ester groups is 1. The molecule has 0 aromatic carbocycles. The van der Waals surface area contributed by atoms with E-state index in [0.717, 1.165) is 57.8 Å². The molecule has 0 unspecified atom stereocenters. The third-order valence-electron chi connectivity index (χ3n) is 6.27.